The van der Waals surface area contributed by atoms with E-state index in [2.05, 4.69) is 0 Å². The molecule has 0 radical (unpaired) electrons. The van der Waals surface area contributed by atoms with Gasteiger partial charge in [-0.3, -0.25) is 4.79 Å². The molecule has 1 atom stereocenters. The van der Waals surface area contributed by atoms with Gasteiger partial charge >= 0.3 is 0 Å². The number of hydrogen-bond donors (Lipinski definition) is 0. The second-order valence-electron chi connectivity index (χ2n) is 3.20. The lowest BCUT2D eigenvalue weighted by Gasteiger charge is -2.20. The third-order valence-corrected chi connectivity index (χ3v) is 2.29. The van der Waals surface area contributed by atoms with E-state index in [0.717, 1.165) is 0 Å². The molecule has 0 bridgehead atoms. The zero-order valence-electron chi connectivity index (χ0n) is 10.4. The van der Waals surface area contributed by atoms with Gasteiger partial charge in [-0.05, 0) is 18.4 Å². The third kappa shape index (κ3) is 1.80. The van der Waals surface area contributed by atoms with Crippen LogP contribution in [0, 0.1) is 0 Å². The second kappa shape index (κ2) is 3.73. The number of ketones is 1. The lowest BCUT2D eigenvalue weighted by atomic mass is 9.83. The molecule has 1 saturated carbocycles. The van der Waals surface area contributed by atoms with Crippen molar-refractivity contribution in [2.24, 2.45) is 0 Å². The summed E-state index contributed by atoms with van der Waals surface area (Å²) >= 11 is 0. The van der Waals surface area contributed by atoms with Gasteiger partial charge in [0, 0.05) is 16.4 Å². The van der Waals surface area contributed by atoms with Crippen LogP contribution in [-0.4, -0.2) is 5.78 Å². The van der Waals surface area contributed by atoms with Crippen LogP contribution < -0.4 is 0 Å². The van der Waals surface area contributed by atoms with Gasteiger partial charge in [-0.1, -0.05) is 36.8 Å². The van der Waals surface area contributed by atoms with Gasteiger partial charge < -0.3 is 0 Å². The Hall–Kier alpha value is -1.11. The Morgan fingerprint density at radius 2 is 2.08 bits per heavy atom. The summed E-state index contributed by atoms with van der Waals surface area (Å²) in [7, 11) is 0. The van der Waals surface area contributed by atoms with Crippen molar-refractivity contribution < 1.29 is 8.91 Å². The van der Waals surface area contributed by atoms with E-state index in [-0.39, 0.29) is 6.42 Å². The predicted octanol–water partition coefficient (Wildman–Crippen LogP) is 2.91. The maximum Gasteiger partial charge on any atom is 0.140 e. The van der Waals surface area contributed by atoms with Crippen molar-refractivity contribution >= 4 is 5.78 Å². The molecule has 1 unspecified atom stereocenters. The molecule has 0 saturated heterocycles. The van der Waals surface area contributed by atoms with Crippen LogP contribution in [0.3, 0.4) is 0 Å². The number of benzene rings is 1. The van der Waals surface area contributed by atoms with Crippen LogP contribution in [0.5, 0.6) is 0 Å². The molecule has 1 fully saturated rings. The molecule has 0 aliphatic heterocycles. The molecule has 0 heterocycles. The quantitative estimate of drug-likeness (QED) is 0.644. The molecule has 68 valence electrons. The molecule has 1 aliphatic rings. The van der Waals surface area contributed by atoms with E-state index in [1.165, 1.54) is 0 Å². The zero-order valence-corrected chi connectivity index (χ0v) is 7.42. The fourth-order valence-electron chi connectivity index (χ4n) is 1.60. The maximum atomic E-state index is 12.0. The number of hydrogen-bond acceptors (Lipinski definition) is 1. The number of Topliss-reactive ketones (excluding diaryl/α,β-unsaturated/α-hetero) is 1. The maximum absolute atomic E-state index is 12.0. The summed E-state index contributed by atoms with van der Waals surface area (Å²) in [5.41, 5.74) is 0.601. The largest absolute Gasteiger partial charge is 0.299 e. The van der Waals surface area contributed by atoms with Gasteiger partial charge in [0.25, 0.3) is 0 Å². The highest BCUT2D eigenvalue weighted by Gasteiger charge is 2.22. The van der Waals surface area contributed by atoms with Crippen LogP contribution >= 0.6 is 0 Å². The van der Waals surface area contributed by atoms with Crippen LogP contribution in [-0.2, 0) is 4.79 Å². The van der Waals surface area contributed by atoms with Gasteiger partial charge in [-0.15, -0.1) is 0 Å². The lowest BCUT2D eigenvalue weighted by Crippen LogP contribution is -2.16. The Morgan fingerprint density at radius 3 is 2.85 bits per heavy atom. The molecule has 1 nitrogen and oxygen atoms in total. The Morgan fingerprint density at radius 1 is 1.31 bits per heavy atom. The van der Waals surface area contributed by atoms with E-state index in [9.17, 15) is 4.79 Å². The molecule has 0 spiro atoms. The smallest absolute Gasteiger partial charge is 0.140 e. The Kier molecular flexibility index (Phi) is 1.60. The third-order valence-electron chi connectivity index (χ3n) is 2.29. The van der Waals surface area contributed by atoms with Gasteiger partial charge in [-0.2, -0.15) is 0 Å². The fourth-order valence-corrected chi connectivity index (χ4v) is 1.60. The van der Waals surface area contributed by atoms with Crippen molar-refractivity contribution in [2.75, 3.05) is 0 Å². The molecule has 1 aromatic carbocycles. The average molecular weight is 177 g/mol. The van der Waals surface area contributed by atoms with Gasteiger partial charge in [0.1, 0.15) is 5.78 Å². The van der Waals surface area contributed by atoms with E-state index in [4.69, 9.17) is 4.11 Å². The monoisotopic (exact) mass is 177 g/mol. The highest BCUT2D eigenvalue weighted by Crippen LogP contribution is 2.29. The van der Waals surface area contributed by atoms with Gasteiger partial charge in [0.15, 0.2) is 0 Å². The van der Waals surface area contributed by atoms with E-state index in [0.29, 0.717) is 18.4 Å². The summed E-state index contributed by atoms with van der Waals surface area (Å²) in [4.78, 5) is 12.0. The minimum Gasteiger partial charge on any atom is -0.299 e. The van der Waals surface area contributed by atoms with Gasteiger partial charge in [0.2, 0.25) is 0 Å². The summed E-state index contributed by atoms with van der Waals surface area (Å²) in [6.07, 6.45) is -0.623. The zero-order chi connectivity index (χ0) is 11.8. The first kappa shape index (κ1) is 5.58. The molecule has 0 N–H and O–H groups in total. The van der Waals surface area contributed by atoms with Crippen molar-refractivity contribution in [3.8, 4) is 0 Å². The summed E-state index contributed by atoms with van der Waals surface area (Å²) in [6.45, 7) is 0. The van der Waals surface area contributed by atoms with Crippen LogP contribution in [0.2, 0.25) is 0 Å². The molecule has 1 heteroatoms. The highest BCUT2D eigenvalue weighted by atomic mass is 16.1. The number of rotatable bonds is 1. The Labute approximate surface area is 83.0 Å². The first-order chi connectivity index (χ1) is 7.47. The molecular formula is C12H14O. The molecule has 1 aromatic rings. The Bertz CT molecular complexity index is 402. The summed E-state index contributed by atoms with van der Waals surface area (Å²) in [5, 5.41) is 0. The summed E-state index contributed by atoms with van der Waals surface area (Å²) < 4.78 is 23.5. The molecule has 0 aromatic heterocycles. The van der Waals surface area contributed by atoms with Gasteiger partial charge in [-0.25, -0.2) is 0 Å². The highest BCUT2D eigenvalue weighted by molar-refractivity contribution is 5.86. The van der Waals surface area contributed by atoms with Gasteiger partial charge in [0.05, 0.1) is 0 Å². The molecule has 2 rings (SSSR count). The lowest BCUT2D eigenvalue weighted by molar-refractivity contribution is -0.121. The Balaban J connectivity index is 2.42. The fraction of sp³-hybridized carbons (Fsp3) is 0.417. The number of carbonyl (C=O) groups excluding carboxylic acids is 1. The molecular weight excluding hydrogens is 160 g/mol. The van der Waals surface area contributed by atoms with Crippen molar-refractivity contribution in [2.45, 2.75) is 31.5 Å². The average Bonchev–Trinajstić information content (AvgIpc) is 2.27. The van der Waals surface area contributed by atoms with E-state index >= 15 is 0 Å². The van der Waals surface area contributed by atoms with Crippen LogP contribution in [0.15, 0.2) is 30.3 Å². The molecule has 0 amide bonds. The predicted molar refractivity (Wildman–Crippen MR) is 52.7 cm³/mol. The van der Waals surface area contributed by atoms with Crippen molar-refractivity contribution in [3.05, 3.63) is 35.9 Å². The molecule has 13 heavy (non-hydrogen) atoms. The summed E-state index contributed by atoms with van der Waals surface area (Å²) in [5.74, 6) is -2.00. The first-order valence-corrected chi connectivity index (χ1v) is 4.57. The SMILES string of the molecule is [2H]C1([2H])CCCC([2H])(c2ccccc2)C1=O. The van der Waals surface area contributed by atoms with Crippen LogP contribution in [0.4, 0.5) is 0 Å². The van der Waals surface area contributed by atoms with E-state index < -0.39 is 18.1 Å². The van der Waals surface area contributed by atoms with Crippen molar-refractivity contribution in [1.29, 1.82) is 0 Å². The first-order valence-electron chi connectivity index (χ1n) is 6.07. The van der Waals surface area contributed by atoms with Crippen LogP contribution in [0.1, 0.15) is 41.2 Å². The molecule has 1 aliphatic carbocycles. The normalized spacial score (nSPS) is 36.0. The second-order valence-corrected chi connectivity index (χ2v) is 3.20. The van der Waals surface area contributed by atoms with Crippen molar-refractivity contribution in [1.82, 2.24) is 0 Å². The van der Waals surface area contributed by atoms with E-state index in [1.807, 2.05) is 6.07 Å². The van der Waals surface area contributed by atoms with Crippen molar-refractivity contribution in [3.63, 3.8) is 0 Å². The summed E-state index contributed by atoms with van der Waals surface area (Å²) in [6, 6.07) is 8.85. The van der Waals surface area contributed by atoms with Crippen LogP contribution in [0.25, 0.3) is 0 Å². The minimum absolute atomic E-state index is 0.235. The standard InChI is InChI=1S/C12H14O/c13-12-9-5-4-8-11(12)10-6-2-1-3-7-10/h1-3,6-7,11H,4-5,8-9H2/i9D2,11D. The topological polar surface area (TPSA) is 17.1 Å². The minimum atomic E-state index is -1.85. The van der Waals surface area contributed by atoms with E-state index in [1.54, 1.807) is 24.3 Å². The number of carbonyl (C=O) groups is 1.